The Bertz CT molecular complexity index is 1480. The highest BCUT2D eigenvalue weighted by molar-refractivity contribution is 6.32. The fraction of sp³-hybridized carbons (Fsp3) is 0.103. The second-order valence-corrected chi connectivity index (χ2v) is 8.10. The van der Waals surface area contributed by atoms with Gasteiger partial charge < -0.3 is 15.2 Å². The summed E-state index contributed by atoms with van der Waals surface area (Å²) in [6, 6.07) is 24.5. The third kappa shape index (κ3) is 5.90. The molecule has 0 aliphatic carbocycles. The number of benzene rings is 4. The van der Waals surface area contributed by atoms with Crippen LogP contribution in [0.2, 0.25) is 5.02 Å². The predicted molar refractivity (Wildman–Crippen MR) is 143 cm³/mol. The molecule has 0 atom stereocenters. The van der Waals surface area contributed by atoms with Crippen LogP contribution in [0.15, 0.2) is 91.3 Å². The number of phenols is 1. The molecule has 0 fully saturated rings. The van der Waals surface area contributed by atoms with E-state index in [4.69, 9.17) is 16.3 Å². The van der Waals surface area contributed by atoms with E-state index in [9.17, 15) is 9.50 Å². The van der Waals surface area contributed by atoms with Gasteiger partial charge >= 0.3 is 0 Å². The molecule has 0 aliphatic heterocycles. The number of hydrogen-bond donors (Lipinski definition) is 2. The van der Waals surface area contributed by atoms with E-state index in [2.05, 4.69) is 15.3 Å². The number of aromatic hydroxyl groups is 1. The van der Waals surface area contributed by atoms with Crippen molar-refractivity contribution < 1.29 is 14.2 Å². The molecule has 5 aromatic rings. The molecule has 36 heavy (non-hydrogen) atoms. The SMILES string of the molecule is CC.Oc1ccc(-c2ccc3ncnc(Nc4ccc(OCc5cccc(F)c5)c(Cl)c4)c3c2)cc1. The molecular weight excluding hydrogens is 477 g/mol. The maximum Gasteiger partial charge on any atom is 0.141 e. The second kappa shape index (κ2) is 11.5. The first kappa shape index (κ1) is 24.9. The number of hydrogen-bond acceptors (Lipinski definition) is 5. The van der Waals surface area contributed by atoms with Gasteiger partial charge in [0.2, 0.25) is 0 Å². The van der Waals surface area contributed by atoms with Crippen molar-refractivity contribution in [2.45, 2.75) is 20.5 Å². The number of fused-ring (bicyclic) bond motifs is 1. The lowest BCUT2D eigenvalue weighted by molar-refractivity contribution is 0.306. The van der Waals surface area contributed by atoms with Crippen molar-refractivity contribution in [3.63, 3.8) is 0 Å². The normalized spacial score (nSPS) is 10.4. The lowest BCUT2D eigenvalue weighted by Crippen LogP contribution is -1.99. The van der Waals surface area contributed by atoms with Crippen LogP contribution in [0.3, 0.4) is 0 Å². The quantitative estimate of drug-likeness (QED) is 0.246. The third-order valence-electron chi connectivity index (χ3n) is 5.31. The monoisotopic (exact) mass is 501 g/mol. The van der Waals surface area contributed by atoms with Crippen LogP contribution in [0, 0.1) is 5.82 Å². The van der Waals surface area contributed by atoms with E-state index in [-0.39, 0.29) is 18.2 Å². The van der Waals surface area contributed by atoms with Gasteiger partial charge in [0.25, 0.3) is 0 Å². The van der Waals surface area contributed by atoms with Crippen molar-refractivity contribution in [1.82, 2.24) is 9.97 Å². The van der Waals surface area contributed by atoms with Crippen molar-refractivity contribution in [3.8, 4) is 22.6 Å². The van der Waals surface area contributed by atoms with Gasteiger partial charge in [0.15, 0.2) is 0 Å². The van der Waals surface area contributed by atoms with Crippen LogP contribution in [0.5, 0.6) is 11.5 Å². The summed E-state index contributed by atoms with van der Waals surface area (Å²) >= 11 is 6.44. The molecular formula is C29H25ClFN3O2. The smallest absolute Gasteiger partial charge is 0.141 e. The molecule has 1 heterocycles. The Labute approximate surface area is 214 Å². The summed E-state index contributed by atoms with van der Waals surface area (Å²) in [6.45, 7) is 4.21. The molecule has 2 N–H and O–H groups in total. The van der Waals surface area contributed by atoms with Crippen molar-refractivity contribution in [2.24, 2.45) is 0 Å². The van der Waals surface area contributed by atoms with Gasteiger partial charge in [0.05, 0.1) is 10.5 Å². The molecule has 0 bridgehead atoms. The fourth-order valence-corrected chi connectivity index (χ4v) is 3.84. The zero-order chi connectivity index (χ0) is 25.5. The Balaban J connectivity index is 0.00000148. The van der Waals surface area contributed by atoms with Crippen LogP contribution >= 0.6 is 11.6 Å². The summed E-state index contributed by atoms with van der Waals surface area (Å²) in [7, 11) is 0. The average Bonchev–Trinajstić information content (AvgIpc) is 2.90. The number of phenolic OH excluding ortho intramolecular Hbond substituents is 1. The number of anilines is 2. The summed E-state index contributed by atoms with van der Waals surface area (Å²) in [5.74, 6) is 1.04. The molecule has 0 saturated carbocycles. The molecule has 0 radical (unpaired) electrons. The van der Waals surface area contributed by atoms with Gasteiger partial charge in [0.1, 0.15) is 36.1 Å². The lowest BCUT2D eigenvalue weighted by atomic mass is 10.0. The maximum atomic E-state index is 13.4. The van der Waals surface area contributed by atoms with Gasteiger partial charge in [0, 0.05) is 11.1 Å². The molecule has 0 unspecified atom stereocenters. The van der Waals surface area contributed by atoms with Crippen molar-refractivity contribution in [1.29, 1.82) is 0 Å². The van der Waals surface area contributed by atoms with E-state index in [0.29, 0.717) is 16.6 Å². The van der Waals surface area contributed by atoms with Crippen LogP contribution < -0.4 is 10.1 Å². The van der Waals surface area contributed by atoms with E-state index in [1.165, 1.54) is 18.5 Å². The van der Waals surface area contributed by atoms with Crippen LogP contribution in [-0.4, -0.2) is 15.1 Å². The van der Waals surface area contributed by atoms with Gasteiger partial charge in [-0.2, -0.15) is 0 Å². The summed E-state index contributed by atoms with van der Waals surface area (Å²) in [5.41, 5.74) is 4.19. The summed E-state index contributed by atoms with van der Waals surface area (Å²) in [4.78, 5) is 8.77. The molecule has 4 aromatic carbocycles. The first-order valence-electron chi connectivity index (χ1n) is 11.5. The molecule has 0 aliphatic rings. The highest BCUT2D eigenvalue weighted by Gasteiger charge is 2.09. The van der Waals surface area contributed by atoms with E-state index < -0.39 is 0 Å². The van der Waals surface area contributed by atoms with Gasteiger partial charge in [-0.15, -0.1) is 0 Å². The largest absolute Gasteiger partial charge is 0.508 e. The second-order valence-electron chi connectivity index (χ2n) is 7.69. The van der Waals surface area contributed by atoms with Crippen LogP contribution in [0.1, 0.15) is 19.4 Å². The Kier molecular flexibility index (Phi) is 7.98. The van der Waals surface area contributed by atoms with Gasteiger partial charge in [-0.05, 0) is 71.3 Å². The topological polar surface area (TPSA) is 67.3 Å². The minimum absolute atomic E-state index is 0.209. The van der Waals surface area contributed by atoms with Gasteiger partial charge in [-0.3, -0.25) is 0 Å². The minimum Gasteiger partial charge on any atom is -0.508 e. The first-order chi connectivity index (χ1) is 17.5. The van der Waals surface area contributed by atoms with Crippen LogP contribution in [0.25, 0.3) is 22.0 Å². The molecule has 7 heteroatoms. The van der Waals surface area contributed by atoms with Gasteiger partial charge in [-0.1, -0.05) is 55.8 Å². The zero-order valence-corrected chi connectivity index (χ0v) is 20.6. The van der Waals surface area contributed by atoms with Crippen molar-refractivity contribution >= 4 is 34.0 Å². The van der Waals surface area contributed by atoms with Crippen molar-refractivity contribution in [2.75, 3.05) is 5.32 Å². The Hall–Kier alpha value is -4.16. The number of nitrogens with zero attached hydrogens (tertiary/aromatic N) is 2. The van der Waals surface area contributed by atoms with Gasteiger partial charge in [-0.25, -0.2) is 14.4 Å². The average molecular weight is 502 g/mol. The zero-order valence-electron chi connectivity index (χ0n) is 19.9. The molecule has 182 valence electrons. The van der Waals surface area contributed by atoms with Crippen molar-refractivity contribution in [3.05, 3.63) is 108 Å². The number of nitrogens with one attached hydrogen (secondary N) is 1. The highest BCUT2D eigenvalue weighted by Crippen LogP contribution is 2.32. The molecule has 0 saturated heterocycles. The highest BCUT2D eigenvalue weighted by atomic mass is 35.5. The fourth-order valence-electron chi connectivity index (χ4n) is 3.61. The number of halogens is 2. The lowest BCUT2D eigenvalue weighted by Gasteiger charge is -2.12. The number of rotatable bonds is 6. The standard InChI is InChI=1S/C27H19ClFN3O2.C2H6/c28-24-14-21(7-11-26(24)34-15-17-2-1-3-20(29)12-17)32-27-23-13-19(6-10-25(23)30-16-31-27)18-4-8-22(33)9-5-18;1-2/h1-14,16,33H,15H2,(H,30,31,32);1-2H3. The number of aromatic nitrogens is 2. The summed E-state index contributed by atoms with van der Waals surface area (Å²) in [6.07, 6.45) is 1.50. The first-order valence-corrected chi connectivity index (χ1v) is 11.9. The molecule has 5 nitrogen and oxygen atoms in total. The van der Waals surface area contributed by atoms with E-state index in [1.54, 1.807) is 36.4 Å². The Morgan fingerprint density at radius 3 is 2.42 bits per heavy atom. The molecule has 5 rings (SSSR count). The maximum absolute atomic E-state index is 13.4. The predicted octanol–water partition coefficient (Wildman–Crippen LogP) is 8.14. The van der Waals surface area contributed by atoms with Crippen LogP contribution in [0.4, 0.5) is 15.9 Å². The summed E-state index contributed by atoms with van der Waals surface area (Å²) in [5, 5.41) is 14.1. The third-order valence-corrected chi connectivity index (χ3v) is 5.61. The van der Waals surface area contributed by atoms with E-state index >= 15 is 0 Å². The Morgan fingerprint density at radius 2 is 1.67 bits per heavy atom. The molecule has 0 amide bonds. The Morgan fingerprint density at radius 1 is 0.889 bits per heavy atom. The molecule has 1 aromatic heterocycles. The minimum atomic E-state index is -0.308. The summed E-state index contributed by atoms with van der Waals surface area (Å²) < 4.78 is 19.1. The molecule has 0 spiro atoms. The van der Waals surface area contributed by atoms with Crippen LogP contribution in [-0.2, 0) is 6.61 Å². The van der Waals surface area contributed by atoms with E-state index in [1.807, 2.05) is 50.2 Å². The number of ether oxygens (including phenoxy) is 1. The van der Waals surface area contributed by atoms with E-state index in [0.717, 1.165) is 33.3 Å².